The van der Waals surface area contributed by atoms with Crippen molar-refractivity contribution in [3.63, 3.8) is 0 Å². The number of carboxylic acid groups (broad SMARTS) is 1. The van der Waals surface area contributed by atoms with E-state index < -0.39 is 5.97 Å². The van der Waals surface area contributed by atoms with Crippen molar-refractivity contribution in [2.24, 2.45) is 0 Å². The highest BCUT2D eigenvalue weighted by Gasteiger charge is 2.17. The van der Waals surface area contributed by atoms with Crippen molar-refractivity contribution in [2.75, 3.05) is 5.32 Å². The number of nitrogens with zero attached hydrogens (tertiary/aromatic N) is 1. The smallest absolute Gasteiger partial charge is 0.337 e. The van der Waals surface area contributed by atoms with E-state index in [0.29, 0.717) is 14.6 Å². The first-order valence-corrected chi connectivity index (χ1v) is 7.48. The molecule has 0 fully saturated rings. The molecule has 0 bridgehead atoms. The van der Waals surface area contributed by atoms with E-state index in [-0.39, 0.29) is 23.6 Å². The number of aromatic carboxylic acids is 1. The van der Waals surface area contributed by atoms with Crippen LogP contribution in [0.15, 0.2) is 45.5 Å². The van der Waals surface area contributed by atoms with Crippen LogP contribution in [0.25, 0.3) is 0 Å². The highest BCUT2D eigenvalue weighted by atomic mass is 79.9. The topological polar surface area (TPSA) is 79.3 Å². The van der Waals surface area contributed by atoms with E-state index in [1.807, 2.05) is 0 Å². The normalized spacial score (nSPS) is 10.2. The molecule has 0 unspecified atom stereocenters. The molecular weight excluding hydrogens is 404 g/mol. The van der Waals surface area contributed by atoms with Crippen LogP contribution in [0.3, 0.4) is 0 Å². The molecule has 0 saturated heterocycles. The molecule has 1 aromatic carbocycles. The Morgan fingerprint density at radius 3 is 2.62 bits per heavy atom. The van der Waals surface area contributed by atoms with Gasteiger partial charge in [0.05, 0.1) is 17.7 Å². The molecule has 0 aliphatic carbocycles. The number of carbonyl (C=O) groups is 2. The first-order chi connectivity index (χ1) is 9.97. The Labute approximate surface area is 137 Å². The molecule has 0 aliphatic rings. The van der Waals surface area contributed by atoms with Gasteiger partial charge in [-0.1, -0.05) is 22.0 Å². The number of hydrogen-bond donors (Lipinski definition) is 2. The van der Waals surface area contributed by atoms with E-state index >= 15 is 0 Å². The van der Waals surface area contributed by atoms with Gasteiger partial charge in [-0.2, -0.15) is 0 Å². The van der Waals surface area contributed by atoms with Crippen molar-refractivity contribution in [3.8, 4) is 0 Å². The van der Waals surface area contributed by atoms with Gasteiger partial charge in [0.1, 0.15) is 0 Å². The number of aromatic nitrogens is 1. The van der Waals surface area contributed by atoms with Gasteiger partial charge in [0.25, 0.3) is 0 Å². The lowest BCUT2D eigenvalue weighted by molar-refractivity contribution is -0.115. The summed E-state index contributed by atoms with van der Waals surface area (Å²) in [4.78, 5) is 27.3. The van der Waals surface area contributed by atoms with E-state index in [9.17, 15) is 14.7 Å². The van der Waals surface area contributed by atoms with Crippen molar-refractivity contribution in [2.45, 2.75) is 6.42 Å². The second kappa shape index (κ2) is 6.82. The number of hydrogen-bond acceptors (Lipinski definition) is 3. The molecular formula is C14H10Br2N2O3. The maximum Gasteiger partial charge on any atom is 0.337 e. The Hall–Kier alpha value is -1.73. The van der Waals surface area contributed by atoms with Crippen LogP contribution in [0.2, 0.25) is 0 Å². The number of rotatable bonds is 4. The molecule has 1 aromatic heterocycles. The third-order valence-electron chi connectivity index (χ3n) is 2.62. The summed E-state index contributed by atoms with van der Waals surface area (Å²) >= 11 is 6.48. The molecule has 1 heterocycles. The fourth-order valence-electron chi connectivity index (χ4n) is 1.72. The van der Waals surface area contributed by atoms with Gasteiger partial charge in [0, 0.05) is 20.8 Å². The van der Waals surface area contributed by atoms with Crippen molar-refractivity contribution >= 4 is 49.4 Å². The molecule has 0 atom stereocenters. The summed E-state index contributed by atoms with van der Waals surface area (Å²) in [6.07, 6.45) is 1.67. The summed E-state index contributed by atoms with van der Waals surface area (Å²) in [5, 5.41) is 11.8. The summed E-state index contributed by atoms with van der Waals surface area (Å²) in [6, 6.07) is 8.38. The van der Waals surface area contributed by atoms with Crippen LogP contribution in [-0.2, 0) is 11.2 Å². The van der Waals surface area contributed by atoms with Gasteiger partial charge >= 0.3 is 5.97 Å². The first kappa shape index (κ1) is 15.7. The molecule has 0 saturated carbocycles. The Balaban J connectivity index is 2.23. The number of nitrogens with one attached hydrogen (secondary N) is 1. The molecule has 2 rings (SSSR count). The van der Waals surface area contributed by atoms with Gasteiger partial charge in [-0.15, -0.1) is 0 Å². The zero-order valence-electron chi connectivity index (χ0n) is 10.6. The number of benzene rings is 1. The van der Waals surface area contributed by atoms with Crippen LogP contribution in [0.1, 0.15) is 16.1 Å². The lowest BCUT2D eigenvalue weighted by Gasteiger charge is -2.11. The van der Waals surface area contributed by atoms with Crippen LogP contribution in [0.5, 0.6) is 0 Å². The van der Waals surface area contributed by atoms with Crippen LogP contribution < -0.4 is 5.32 Å². The number of carbonyl (C=O) groups excluding carboxylic acids is 1. The quantitative estimate of drug-likeness (QED) is 0.803. The van der Waals surface area contributed by atoms with E-state index in [4.69, 9.17) is 0 Å². The Kier molecular flexibility index (Phi) is 5.08. The van der Waals surface area contributed by atoms with Crippen molar-refractivity contribution in [3.05, 3.63) is 56.7 Å². The number of carboxylic acids is 1. The molecule has 108 valence electrons. The van der Waals surface area contributed by atoms with E-state index in [1.165, 1.54) is 6.07 Å². The summed E-state index contributed by atoms with van der Waals surface area (Å²) < 4.78 is 1.10. The molecule has 0 aliphatic heterocycles. The maximum atomic E-state index is 12.0. The highest BCUT2D eigenvalue weighted by molar-refractivity contribution is 9.11. The second-order valence-electron chi connectivity index (χ2n) is 4.16. The van der Waals surface area contributed by atoms with E-state index in [1.54, 1.807) is 30.5 Å². The van der Waals surface area contributed by atoms with Crippen LogP contribution >= 0.6 is 31.9 Å². The average molecular weight is 414 g/mol. The van der Waals surface area contributed by atoms with E-state index in [2.05, 4.69) is 42.2 Å². The fourth-order valence-corrected chi connectivity index (χ4v) is 3.04. The molecule has 0 radical (unpaired) electrons. The minimum Gasteiger partial charge on any atom is -0.478 e. The van der Waals surface area contributed by atoms with Crippen LogP contribution in [0.4, 0.5) is 5.69 Å². The monoisotopic (exact) mass is 412 g/mol. The molecule has 7 heteroatoms. The SMILES string of the molecule is O=C(Cc1ccccn1)Nc1c(Br)cc(Br)cc1C(=O)O. The summed E-state index contributed by atoms with van der Waals surface area (Å²) in [5.41, 5.74) is 0.845. The molecule has 5 nitrogen and oxygen atoms in total. The zero-order chi connectivity index (χ0) is 15.4. The summed E-state index contributed by atoms with van der Waals surface area (Å²) in [5.74, 6) is -1.45. The van der Waals surface area contributed by atoms with Crippen molar-refractivity contribution in [1.82, 2.24) is 4.98 Å². The van der Waals surface area contributed by atoms with E-state index in [0.717, 1.165) is 0 Å². The number of anilines is 1. The number of amides is 1. The third kappa shape index (κ3) is 4.12. The van der Waals surface area contributed by atoms with Gasteiger partial charge < -0.3 is 10.4 Å². The third-order valence-corrected chi connectivity index (χ3v) is 3.70. The predicted molar refractivity (Wildman–Crippen MR) is 85.4 cm³/mol. The molecule has 1 amide bonds. The molecule has 0 spiro atoms. The second-order valence-corrected chi connectivity index (χ2v) is 5.93. The zero-order valence-corrected chi connectivity index (χ0v) is 13.8. The molecule has 2 N–H and O–H groups in total. The standard InChI is InChI=1S/C14H10Br2N2O3/c15-8-5-10(14(20)21)13(11(16)6-8)18-12(19)7-9-3-1-2-4-17-9/h1-6H,7H2,(H,18,19)(H,20,21). The van der Waals surface area contributed by atoms with Gasteiger partial charge in [0.15, 0.2) is 0 Å². The van der Waals surface area contributed by atoms with Gasteiger partial charge in [0.2, 0.25) is 5.91 Å². The summed E-state index contributed by atoms with van der Waals surface area (Å²) in [7, 11) is 0. The van der Waals surface area contributed by atoms with Gasteiger partial charge in [-0.05, 0) is 40.2 Å². The largest absolute Gasteiger partial charge is 0.478 e. The van der Waals surface area contributed by atoms with Crippen molar-refractivity contribution < 1.29 is 14.7 Å². The molecule has 2 aromatic rings. The lowest BCUT2D eigenvalue weighted by Crippen LogP contribution is -2.17. The van der Waals surface area contributed by atoms with Crippen LogP contribution in [0, 0.1) is 0 Å². The Morgan fingerprint density at radius 1 is 1.24 bits per heavy atom. The Bertz CT molecular complexity index is 690. The van der Waals surface area contributed by atoms with Crippen molar-refractivity contribution in [1.29, 1.82) is 0 Å². The van der Waals surface area contributed by atoms with Gasteiger partial charge in [-0.25, -0.2) is 4.79 Å². The minimum atomic E-state index is -1.12. The fraction of sp³-hybridized carbons (Fsp3) is 0.0714. The number of halogens is 2. The van der Waals surface area contributed by atoms with Crippen LogP contribution in [-0.4, -0.2) is 22.0 Å². The predicted octanol–water partition coefficient (Wildman–Crippen LogP) is 3.49. The first-order valence-electron chi connectivity index (χ1n) is 5.89. The molecule has 21 heavy (non-hydrogen) atoms. The highest BCUT2D eigenvalue weighted by Crippen LogP contribution is 2.31. The summed E-state index contributed by atoms with van der Waals surface area (Å²) in [6.45, 7) is 0. The Morgan fingerprint density at radius 2 is 2.00 bits per heavy atom. The minimum absolute atomic E-state index is 0.00520. The lowest BCUT2D eigenvalue weighted by atomic mass is 10.1. The van der Waals surface area contributed by atoms with Gasteiger partial charge in [-0.3, -0.25) is 9.78 Å². The average Bonchev–Trinajstić information content (AvgIpc) is 2.42. The maximum absolute atomic E-state index is 12.0. The number of pyridine rings is 1.